The average Bonchev–Trinajstić information content (AvgIpc) is 2.83. The summed E-state index contributed by atoms with van der Waals surface area (Å²) in [5.74, 6) is -2.56. The molecule has 6 heteroatoms. The van der Waals surface area contributed by atoms with Gasteiger partial charge in [-0.25, -0.2) is 0 Å². The molecule has 0 saturated heterocycles. The van der Waals surface area contributed by atoms with Crippen molar-refractivity contribution >= 4 is 11.9 Å². The maximum atomic E-state index is 13.4. The number of carbonyl (C=O) groups is 2. The van der Waals surface area contributed by atoms with E-state index >= 15 is 0 Å². The molecule has 2 aromatic carbocycles. The van der Waals surface area contributed by atoms with Gasteiger partial charge in [-0.3, -0.25) is 9.59 Å². The van der Waals surface area contributed by atoms with Crippen LogP contribution >= 0.6 is 0 Å². The first-order valence-corrected chi connectivity index (χ1v) is 11.3. The summed E-state index contributed by atoms with van der Waals surface area (Å²) in [4.78, 5) is 26.7. The third kappa shape index (κ3) is 4.17. The first-order chi connectivity index (χ1) is 15.7. The fraction of sp³-hybridized carbons (Fsp3) is 0.462. The largest absolute Gasteiger partial charge is 0.463 e. The second-order valence-corrected chi connectivity index (χ2v) is 7.99. The fourth-order valence-corrected chi connectivity index (χ4v) is 5.13. The van der Waals surface area contributed by atoms with E-state index in [9.17, 15) is 9.59 Å². The van der Waals surface area contributed by atoms with Crippen molar-refractivity contribution in [2.24, 2.45) is 11.8 Å². The molecule has 2 aromatic rings. The molecule has 32 heavy (non-hydrogen) atoms. The SMILES string of the molecule is CCOCCOC(=O)C1C2c3ccccc3C(c3ccccc32)C1C(=O)OCCOCC. The van der Waals surface area contributed by atoms with Gasteiger partial charge in [-0.05, 0) is 36.1 Å². The zero-order valence-electron chi connectivity index (χ0n) is 18.6. The summed E-state index contributed by atoms with van der Waals surface area (Å²) < 4.78 is 21.8. The van der Waals surface area contributed by atoms with E-state index in [0.717, 1.165) is 22.3 Å². The molecule has 2 bridgehead atoms. The number of carbonyl (C=O) groups excluding carboxylic acids is 2. The lowest BCUT2D eigenvalue weighted by Gasteiger charge is -2.48. The van der Waals surface area contributed by atoms with E-state index in [1.165, 1.54) is 0 Å². The molecule has 0 aliphatic heterocycles. The van der Waals surface area contributed by atoms with Gasteiger partial charge in [0.25, 0.3) is 0 Å². The van der Waals surface area contributed by atoms with E-state index < -0.39 is 11.8 Å². The molecule has 0 saturated carbocycles. The molecule has 3 aliphatic rings. The maximum absolute atomic E-state index is 13.4. The molecule has 2 unspecified atom stereocenters. The predicted octanol–water partition coefficient (Wildman–Crippen LogP) is 3.67. The summed E-state index contributed by atoms with van der Waals surface area (Å²) in [7, 11) is 0. The van der Waals surface area contributed by atoms with Crippen LogP contribution in [0.5, 0.6) is 0 Å². The van der Waals surface area contributed by atoms with E-state index in [4.69, 9.17) is 18.9 Å². The molecule has 0 spiro atoms. The fourth-order valence-electron chi connectivity index (χ4n) is 5.13. The zero-order valence-corrected chi connectivity index (χ0v) is 18.6. The van der Waals surface area contributed by atoms with Crippen LogP contribution in [0.25, 0.3) is 0 Å². The van der Waals surface area contributed by atoms with E-state index in [-0.39, 0.29) is 37.0 Å². The van der Waals surface area contributed by atoms with E-state index in [0.29, 0.717) is 26.4 Å². The number of rotatable bonds is 10. The standard InChI is InChI=1S/C26H30O6/c1-3-29-13-15-31-25(27)23-21-17-9-5-7-11-19(17)22(20-12-8-6-10-18(20)21)24(23)26(28)32-16-14-30-4-2/h5-12,21-24H,3-4,13-16H2,1-2H3. The quantitative estimate of drug-likeness (QED) is 0.416. The van der Waals surface area contributed by atoms with Crippen molar-refractivity contribution in [1.82, 2.24) is 0 Å². The van der Waals surface area contributed by atoms with Crippen molar-refractivity contribution in [3.63, 3.8) is 0 Å². The Kier molecular flexibility index (Phi) is 7.22. The number of hydrogen-bond acceptors (Lipinski definition) is 6. The Morgan fingerprint density at radius 1 is 0.625 bits per heavy atom. The highest BCUT2D eigenvalue weighted by molar-refractivity contribution is 5.88. The predicted molar refractivity (Wildman–Crippen MR) is 118 cm³/mol. The van der Waals surface area contributed by atoms with Crippen LogP contribution in [-0.2, 0) is 28.5 Å². The third-order valence-electron chi connectivity index (χ3n) is 6.33. The van der Waals surface area contributed by atoms with Gasteiger partial charge in [0.2, 0.25) is 0 Å². The lowest BCUT2D eigenvalue weighted by atomic mass is 9.54. The third-order valence-corrected chi connectivity index (χ3v) is 6.33. The smallest absolute Gasteiger partial charge is 0.310 e. The van der Waals surface area contributed by atoms with Crippen LogP contribution in [0.15, 0.2) is 48.5 Å². The average molecular weight is 439 g/mol. The van der Waals surface area contributed by atoms with Crippen molar-refractivity contribution in [3.05, 3.63) is 70.8 Å². The normalized spacial score (nSPS) is 22.7. The summed E-state index contributed by atoms with van der Waals surface area (Å²) in [6.07, 6.45) is 0. The van der Waals surface area contributed by atoms with Crippen LogP contribution in [-0.4, -0.2) is 51.6 Å². The first-order valence-electron chi connectivity index (χ1n) is 11.3. The highest BCUT2D eigenvalue weighted by atomic mass is 16.6. The minimum Gasteiger partial charge on any atom is -0.463 e. The lowest BCUT2D eigenvalue weighted by molar-refractivity contribution is -0.165. The Bertz CT molecular complexity index is 831. The van der Waals surface area contributed by atoms with Gasteiger partial charge in [-0.15, -0.1) is 0 Å². The Labute approximate surface area is 188 Å². The van der Waals surface area contributed by atoms with Crippen molar-refractivity contribution in [3.8, 4) is 0 Å². The summed E-state index contributed by atoms with van der Waals surface area (Å²) in [5, 5.41) is 0. The van der Waals surface area contributed by atoms with Gasteiger partial charge < -0.3 is 18.9 Å². The number of fused-ring (bicyclic) bond motifs is 1. The van der Waals surface area contributed by atoms with Gasteiger partial charge in [-0.2, -0.15) is 0 Å². The Morgan fingerprint density at radius 2 is 0.969 bits per heavy atom. The number of benzene rings is 2. The molecule has 0 N–H and O–H groups in total. The molecule has 170 valence electrons. The maximum Gasteiger partial charge on any atom is 0.310 e. The lowest BCUT2D eigenvalue weighted by Crippen LogP contribution is -2.48. The molecule has 5 rings (SSSR count). The van der Waals surface area contributed by atoms with Crippen LogP contribution in [0.4, 0.5) is 0 Å². The topological polar surface area (TPSA) is 71.1 Å². The molecule has 0 fully saturated rings. The molecule has 0 aromatic heterocycles. The summed E-state index contributed by atoms with van der Waals surface area (Å²) in [6, 6.07) is 16.1. The highest BCUT2D eigenvalue weighted by Crippen LogP contribution is 2.58. The van der Waals surface area contributed by atoms with Gasteiger partial charge in [0.1, 0.15) is 13.2 Å². The van der Waals surface area contributed by atoms with E-state index in [1.807, 2.05) is 38.1 Å². The molecular weight excluding hydrogens is 408 g/mol. The Hall–Kier alpha value is -2.70. The second-order valence-electron chi connectivity index (χ2n) is 7.99. The van der Waals surface area contributed by atoms with Gasteiger partial charge in [-0.1, -0.05) is 48.5 Å². The van der Waals surface area contributed by atoms with Crippen LogP contribution in [0.3, 0.4) is 0 Å². The molecule has 0 radical (unpaired) electrons. The summed E-state index contributed by atoms with van der Waals surface area (Å²) >= 11 is 0. The molecule has 0 heterocycles. The Morgan fingerprint density at radius 3 is 1.28 bits per heavy atom. The molecule has 2 atom stereocenters. The van der Waals surface area contributed by atoms with Crippen LogP contribution in [0.1, 0.15) is 47.9 Å². The molecule has 6 nitrogen and oxygen atoms in total. The van der Waals surface area contributed by atoms with Gasteiger partial charge in [0, 0.05) is 25.0 Å². The van der Waals surface area contributed by atoms with Crippen molar-refractivity contribution in [1.29, 1.82) is 0 Å². The summed E-state index contributed by atoms with van der Waals surface area (Å²) in [6.45, 7) is 5.89. The minimum absolute atomic E-state index is 0.163. The zero-order chi connectivity index (χ0) is 22.5. The van der Waals surface area contributed by atoms with E-state index in [2.05, 4.69) is 24.3 Å². The van der Waals surface area contributed by atoms with Crippen molar-refractivity contribution in [2.75, 3.05) is 39.6 Å². The first kappa shape index (κ1) is 22.5. The van der Waals surface area contributed by atoms with Crippen LogP contribution in [0.2, 0.25) is 0 Å². The highest BCUT2D eigenvalue weighted by Gasteiger charge is 2.56. The van der Waals surface area contributed by atoms with Gasteiger partial charge in [0.15, 0.2) is 0 Å². The second kappa shape index (κ2) is 10.3. The monoisotopic (exact) mass is 438 g/mol. The number of ether oxygens (including phenoxy) is 4. The van der Waals surface area contributed by atoms with Crippen molar-refractivity contribution in [2.45, 2.75) is 25.7 Å². The van der Waals surface area contributed by atoms with Crippen molar-refractivity contribution < 1.29 is 28.5 Å². The van der Waals surface area contributed by atoms with E-state index in [1.54, 1.807) is 0 Å². The Balaban J connectivity index is 1.70. The molecule has 0 amide bonds. The molecule has 3 aliphatic carbocycles. The summed E-state index contributed by atoms with van der Waals surface area (Å²) in [5.41, 5.74) is 4.34. The number of hydrogen-bond donors (Lipinski definition) is 0. The number of esters is 2. The molecular formula is C26H30O6. The van der Waals surface area contributed by atoms with Gasteiger partial charge in [0.05, 0.1) is 25.0 Å². The van der Waals surface area contributed by atoms with Crippen LogP contribution < -0.4 is 0 Å². The minimum atomic E-state index is -0.647. The van der Waals surface area contributed by atoms with Gasteiger partial charge >= 0.3 is 11.9 Å². The van der Waals surface area contributed by atoms with Crippen LogP contribution in [0, 0.1) is 11.8 Å².